The minimum absolute atomic E-state index is 0.0522. The Morgan fingerprint density at radius 3 is 2.50 bits per heavy atom. The Balaban J connectivity index is 1.45. The van der Waals surface area contributed by atoms with Gasteiger partial charge in [0.15, 0.2) is 0 Å². The molecule has 1 aromatic carbocycles. The molecule has 2 aromatic heterocycles. The van der Waals surface area contributed by atoms with Gasteiger partial charge in [0.25, 0.3) is 0 Å². The molecule has 34 heavy (non-hydrogen) atoms. The third kappa shape index (κ3) is 5.51. The van der Waals surface area contributed by atoms with Crippen molar-refractivity contribution in [3.05, 3.63) is 64.1 Å². The number of piperidine rings is 1. The van der Waals surface area contributed by atoms with Gasteiger partial charge in [-0.1, -0.05) is 6.07 Å². The zero-order chi connectivity index (χ0) is 24.5. The Morgan fingerprint density at radius 2 is 1.91 bits per heavy atom. The molecule has 0 radical (unpaired) electrons. The van der Waals surface area contributed by atoms with Crippen molar-refractivity contribution in [3.63, 3.8) is 0 Å². The van der Waals surface area contributed by atoms with Gasteiger partial charge in [-0.25, -0.2) is 4.68 Å². The minimum atomic E-state index is -0.473. The molecule has 1 aliphatic heterocycles. The van der Waals surface area contributed by atoms with Crippen LogP contribution in [-0.4, -0.2) is 49.1 Å². The minimum Gasteiger partial charge on any atom is -0.496 e. The van der Waals surface area contributed by atoms with Gasteiger partial charge in [-0.2, -0.15) is 10.2 Å². The highest BCUT2D eigenvalue weighted by molar-refractivity contribution is 5.47. The predicted molar refractivity (Wildman–Crippen MR) is 130 cm³/mol. The molecule has 0 aliphatic carbocycles. The van der Waals surface area contributed by atoms with Crippen LogP contribution >= 0.6 is 0 Å². The van der Waals surface area contributed by atoms with Crippen LogP contribution < -0.4 is 15.4 Å². The van der Waals surface area contributed by atoms with E-state index in [0.717, 1.165) is 29.9 Å². The molecule has 1 fully saturated rings. The second-order valence-electron chi connectivity index (χ2n) is 10.1. The summed E-state index contributed by atoms with van der Waals surface area (Å²) in [5.74, 6) is 1.42. The lowest BCUT2D eigenvalue weighted by Gasteiger charge is -2.46. The quantitative estimate of drug-likeness (QED) is 0.398. The molecule has 0 spiro atoms. The number of hydrogen-bond acceptors (Lipinski definition) is 8. The Morgan fingerprint density at radius 1 is 1.18 bits per heavy atom. The molecule has 0 saturated carbocycles. The molecule has 4 rings (SSSR count). The Hall–Kier alpha value is -3.53. The van der Waals surface area contributed by atoms with E-state index in [1.54, 1.807) is 13.2 Å². The first-order valence-electron chi connectivity index (χ1n) is 11.3. The van der Waals surface area contributed by atoms with Crippen molar-refractivity contribution in [2.24, 2.45) is 0 Å². The average Bonchev–Trinajstić information content (AvgIpc) is 3.24. The zero-order valence-corrected chi connectivity index (χ0v) is 20.2. The van der Waals surface area contributed by atoms with Gasteiger partial charge in [0, 0.05) is 35.2 Å². The molecule has 180 valence electrons. The molecule has 0 unspecified atom stereocenters. The Kier molecular flexibility index (Phi) is 6.26. The van der Waals surface area contributed by atoms with Gasteiger partial charge in [0.2, 0.25) is 0 Å². The third-order valence-electron chi connectivity index (χ3n) is 5.95. The number of aromatic nitrogens is 4. The van der Waals surface area contributed by atoms with E-state index >= 15 is 0 Å². The maximum Gasteiger partial charge on any atom is 0.307 e. The number of ether oxygens (including phenoxy) is 1. The summed E-state index contributed by atoms with van der Waals surface area (Å²) in [6.45, 7) is 8.90. The Labute approximate surface area is 198 Å². The first-order chi connectivity index (χ1) is 16.0. The molecule has 0 atom stereocenters. The summed E-state index contributed by atoms with van der Waals surface area (Å²) in [5, 5.41) is 31.0. The van der Waals surface area contributed by atoms with E-state index in [9.17, 15) is 10.1 Å². The second-order valence-corrected chi connectivity index (χ2v) is 10.1. The Bertz CT molecular complexity index is 1160. The normalized spacial score (nSPS) is 17.3. The van der Waals surface area contributed by atoms with Crippen molar-refractivity contribution in [3.8, 4) is 11.4 Å². The number of nitrogens with zero attached hydrogens (tertiary/aromatic N) is 5. The lowest BCUT2D eigenvalue weighted by molar-refractivity contribution is -0.384. The van der Waals surface area contributed by atoms with Crippen LogP contribution in [0.3, 0.4) is 0 Å². The van der Waals surface area contributed by atoms with Crippen LogP contribution in [0.25, 0.3) is 5.69 Å². The molecule has 0 amide bonds. The van der Waals surface area contributed by atoms with Gasteiger partial charge in [-0.05, 0) is 58.7 Å². The molecule has 2 N–H and O–H groups in total. The molecule has 1 saturated heterocycles. The lowest BCUT2D eigenvalue weighted by atomic mass is 9.79. The highest BCUT2D eigenvalue weighted by Gasteiger charge is 2.37. The third-order valence-corrected chi connectivity index (χ3v) is 5.95. The van der Waals surface area contributed by atoms with Crippen LogP contribution in [0.5, 0.6) is 5.75 Å². The fourth-order valence-electron chi connectivity index (χ4n) is 4.93. The fraction of sp³-hybridized carbons (Fsp3) is 0.458. The van der Waals surface area contributed by atoms with Crippen LogP contribution in [0.4, 0.5) is 11.5 Å². The van der Waals surface area contributed by atoms with Crippen molar-refractivity contribution >= 4 is 11.5 Å². The summed E-state index contributed by atoms with van der Waals surface area (Å²) in [7, 11) is 1.59. The van der Waals surface area contributed by atoms with Gasteiger partial charge in [0.1, 0.15) is 24.0 Å². The first kappa shape index (κ1) is 23.6. The molecule has 3 heterocycles. The maximum absolute atomic E-state index is 10.9. The summed E-state index contributed by atoms with van der Waals surface area (Å²) >= 11 is 0. The summed E-state index contributed by atoms with van der Waals surface area (Å²) in [5.41, 5.74) is 2.46. The van der Waals surface area contributed by atoms with E-state index in [4.69, 9.17) is 4.74 Å². The van der Waals surface area contributed by atoms with Crippen molar-refractivity contribution in [2.45, 2.75) is 64.1 Å². The molecule has 1 aliphatic rings. The number of benzene rings is 1. The van der Waals surface area contributed by atoms with Crippen LogP contribution in [0, 0.1) is 10.1 Å². The van der Waals surface area contributed by atoms with Crippen molar-refractivity contribution in [2.75, 3.05) is 12.4 Å². The van der Waals surface area contributed by atoms with Gasteiger partial charge < -0.3 is 15.4 Å². The standard InChI is InChI=1S/C24H31N7O3/c1-23(2)12-18(13-24(3,4)29-23)26-22-9-7-17(27-28-22)10-16-6-8-19(11-21(16)34-5)30-15-20(14-25-30)31(32)33/h6-9,11,14-15,18,29H,10,12-13H2,1-5H3,(H,26,28). The number of methoxy groups -OCH3 is 1. The molecular weight excluding hydrogens is 434 g/mol. The number of rotatable bonds is 7. The summed E-state index contributed by atoms with van der Waals surface area (Å²) < 4.78 is 7.01. The van der Waals surface area contributed by atoms with E-state index in [0.29, 0.717) is 23.9 Å². The van der Waals surface area contributed by atoms with Crippen LogP contribution in [0.1, 0.15) is 51.8 Å². The monoisotopic (exact) mass is 465 g/mol. The molecule has 10 heteroatoms. The summed E-state index contributed by atoms with van der Waals surface area (Å²) in [6, 6.07) is 9.81. The van der Waals surface area contributed by atoms with Crippen molar-refractivity contribution < 1.29 is 9.66 Å². The number of hydrogen-bond donors (Lipinski definition) is 2. The van der Waals surface area contributed by atoms with E-state index in [2.05, 4.69) is 53.6 Å². The number of anilines is 1. The molecular formula is C24H31N7O3. The SMILES string of the molecule is COc1cc(-n2cc([N+](=O)[O-])cn2)ccc1Cc1ccc(NC2CC(C)(C)NC(C)(C)C2)nn1. The topological polar surface area (TPSA) is 120 Å². The van der Waals surface area contributed by atoms with Gasteiger partial charge in [-0.3, -0.25) is 10.1 Å². The number of nitrogens with one attached hydrogen (secondary N) is 2. The van der Waals surface area contributed by atoms with Crippen LogP contribution in [0.15, 0.2) is 42.7 Å². The van der Waals surface area contributed by atoms with Crippen molar-refractivity contribution in [1.82, 2.24) is 25.3 Å². The van der Waals surface area contributed by atoms with Crippen LogP contribution in [-0.2, 0) is 6.42 Å². The second kappa shape index (κ2) is 9.02. The predicted octanol–water partition coefficient (Wildman–Crippen LogP) is 3.89. The lowest BCUT2D eigenvalue weighted by Crippen LogP contribution is -2.60. The van der Waals surface area contributed by atoms with Crippen molar-refractivity contribution in [1.29, 1.82) is 0 Å². The van der Waals surface area contributed by atoms with Gasteiger partial charge in [0.05, 0.1) is 23.4 Å². The number of nitro groups is 1. The van der Waals surface area contributed by atoms with Crippen LogP contribution in [0.2, 0.25) is 0 Å². The summed E-state index contributed by atoms with van der Waals surface area (Å²) in [4.78, 5) is 10.5. The molecule has 3 aromatic rings. The van der Waals surface area contributed by atoms with E-state index in [1.165, 1.54) is 17.1 Å². The first-order valence-corrected chi connectivity index (χ1v) is 11.3. The molecule has 10 nitrogen and oxygen atoms in total. The van der Waals surface area contributed by atoms with Gasteiger partial charge in [-0.15, -0.1) is 5.10 Å². The maximum atomic E-state index is 10.9. The average molecular weight is 466 g/mol. The van der Waals surface area contributed by atoms with E-state index in [-0.39, 0.29) is 16.8 Å². The summed E-state index contributed by atoms with van der Waals surface area (Å²) in [6.07, 6.45) is 5.14. The van der Waals surface area contributed by atoms with Gasteiger partial charge >= 0.3 is 5.69 Å². The van der Waals surface area contributed by atoms with E-state index < -0.39 is 4.92 Å². The van der Waals surface area contributed by atoms with E-state index in [1.807, 2.05) is 24.3 Å². The fourth-order valence-corrected chi connectivity index (χ4v) is 4.93. The highest BCUT2D eigenvalue weighted by atomic mass is 16.6. The zero-order valence-electron chi connectivity index (χ0n) is 20.2. The molecule has 0 bridgehead atoms. The highest BCUT2D eigenvalue weighted by Crippen LogP contribution is 2.30. The smallest absolute Gasteiger partial charge is 0.307 e. The largest absolute Gasteiger partial charge is 0.496 e.